The summed E-state index contributed by atoms with van der Waals surface area (Å²) in [6.45, 7) is 2.37. The van der Waals surface area contributed by atoms with Crippen LogP contribution in [0.3, 0.4) is 0 Å². The van der Waals surface area contributed by atoms with E-state index < -0.39 is 0 Å². The number of amides is 1. The van der Waals surface area contributed by atoms with Gasteiger partial charge in [0.15, 0.2) is 3.95 Å². The molecule has 0 spiro atoms. The number of thiazole rings is 1. The summed E-state index contributed by atoms with van der Waals surface area (Å²) in [5, 5.41) is 2.86. The molecule has 0 aliphatic heterocycles. The molecule has 0 saturated carbocycles. The third-order valence-electron chi connectivity index (χ3n) is 2.74. The Kier molecular flexibility index (Phi) is 4.86. The van der Waals surface area contributed by atoms with E-state index in [0.717, 1.165) is 16.1 Å². The zero-order valence-electron chi connectivity index (χ0n) is 11.2. The lowest BCUT2D eigenvalue weighted by Gasteiger charge is -2.05. The van der Waals surface area contributed by atoms with Crippen LogP contribution in [0.15, 0.2) is 18.3 Å². The van der Waals surface area contributed by atoms with Crippen molar-refractivity contribution in [2.45, 2.75) is 19.9 Å². The number of ether oxygens (including phenoxy) is 1. The molecule has 7 heteroatoms. The Hall–Kier alpha value is -1.73. The van der Waals surface area contributed by atoms with Crippen LogP contribution in [-0.4, -0.2) is 23.0 Å². The minimum Gasteiger partial charge on any atom is -0.481 e. The van der Waals surface area contributed by atoms with Gasteiger partial charge in [0.2, 0.25) is 11.8 Å². The van der Waals surface area contributed by atoms with E-state index in [1.54, 1.807) is 19.4 Å². The largest absolute Gasteiger partial charge is 0.481 e. The Balaban J connectivity index is 1.88. The molecular weight excluding hydrogens is 294 g/mol. The number of aromatic amines is 1. The minimum absolute atomic E-state index is 0.0332. The van der Waals surface area contributed by atoms with E-state index in [2.05, 4.69) is 15.3 Å². The number of pyridine rings is 1. The molecular formula is C13H15N3O2S2. The second kappa shape index (κ2) is 6.62. The van der Waals surface area contributed by atoms with Gasteiger partial charge in [0.1, 0.15) is 0 Å². The molecule has 2 aromatic rings. The zero-order chi connectivity index (χ0) is 14.5. The fourth-order valence-electron chi connectivity index (χ4n) is 1.65. The average Bonchev–Trinajstić information content (AvgIpc) is 2.75. The van der Waals surface area contributed by atoms with Crippen molar-refractivity contribution in [1.29, 1.82) is 0 Å². The number of nitrogens with zero attached hydrogens (tertiary/aromatic N) is 1. The Labute approximate surface area is 126 Å². The predicted octanol–water partition coefficient (Wildman–Crippen LogP) is 2.38. The van der Waals surface area contributed by atoms with Crippen molar-refractivity contribution >= 4 is 29.5 Å². The Morgan fingerprint density at radius 3 is 2.90 bits per heavy atom. The summed E-state index contributed by atoms with van der Waals surface area (Å²) in [5.41, 5.74) is 1.89. The van der Waals surface area contributed by atoms with Crippen molar-refractivity contribution in [3.05, 3.63) is 38.4 Å². The van der Waals surface area contributed by atoms with Crippen LogP contribution in [0.1, 0.15) is 16.1 Å². The molecule has 0 aromatic carbocycles. The van der Waals surface area contributed by atoms with Gasteiger partial charge in [-0.2, -0.15) is 0 Å². The molecule has 0 fully saturated rings. The average molecular weight is 309 g/mol. The number of hydrogen-bond acceptors (Lipinski definition) is 5. The van der Waals surface area contributed by atoms with Gasteiger partial charge in [0, 0.05) is 29.4 Å². The number of carbonyl (C=O) groups excluding carboxylic acids is 1. The number of H-pyrrole nitrogens is 1. The first kappa shape index (κ1) is 14.7. The second-order valence-electron chi connectivity index (χ2n) is 4.23. The van der Waals surface area contributed by atoms with E-state index in [1.165, 1.54) is 11.3 Å². The van der Waals surface area contributed by atoms with Gasteiger partial charge in [-0.25, -0.2) is 4.98 Å². The summed E-state index contributed by atoms with van der Waals surface area (Å²) in [4.78, 5) is 20.0. The van der Waals surface area contributed by atoms with Crippen LogP contribution < -0.4 is 10.1 Å². The van der Waals surface area contributed by atoms with Crippen LogP contribution >= 0.6 is 23.6 Å². The van der Waals surface area contributed by atoms with Gasteiger partial charge >= 0.3 is 0 Å². The zero-order valence-corrected chi connectivity index (χ0v) is 12.9. The lowest BCUT2D eigenvalue weighted by molar-refractivity contribution is -0.120. The van der Waals surface area contributed by atoms with Crippen LogP contribution in [0.25, 0.3) is 0 Å². The van der Waals surface area contributed by atoms with Crippen molar-refractivity contribution in [2.24, 2.45) is 0 Å². The van der Waals surface area contributed by atoms with Gasteiger partial charge in [-0.05, 0) is 24.7 Å². The first-order valence-electron chi connectivity index (χ1n) is 6.02. The summed E-state index contributed by atoms with van der Waals surface area (Å²) >= 11 is 6.49. The van der Waals surface area contributed by atoms with Crippen LogP contribution in [0.2, 0.25) is 0 Å². The fourth-order valence-corrected chi connectivity index (χ4v) is 2.94. The second-order valence-corrected chi connectivity index (χ2v) is 6.00. The van der Waals surface area contributed by atoms with Crippen LogP contribution in [-0.2, 0) is 17.8 Å². The minimum atomic E-state index is -0.0332. The molecule has 0 radical (unpaired) electrons. The van der Waals surface area contributed by atoms with E-state index in [1.807, 2.05) is 13.0 Å². The third kappa shape index (κ3) is 3.88. The van der Waals surface area contributed by atoms with Crippen molar-refractivity contribution in [3.63, 3.8) is 0 Å². The number of rotatable bonds is 5. The first-order chi connectivity index (χ1) is 9.58. The van der Waals surface area contributed by atoms with E-state index in [9.17, 15) is 4.79 Å². The topological polar surface area (TPSA) is 67.0 Å². The summed E-state index contributed by atoms with van der Waals surface area (Å²) in [6.07, 6.45) is 2.03. The molecule has 0 atom stereocenters. The molecule has 2 rings (SSSR count). The highest BCUT2D eigenvalue weighted by Crippen LogP contribution is 2.15. The van der Waals surface area contributed by atoms with Gasteiger partial charge in [-0.3, -0.25) is 4.79 Å². The van der Waals surface area contributed by atoms with E-state index in [0.29, 0.717) is 22.8 Å². The third-order valence-corrected chi connectivity index (χ3v) is 4.08. The number of aryl methyl sites for hydroxylation is 1. The molecule has 0 saturated heterocycles. The monoisotopic (exact) mass is 309 g/mol. The van der Waals surface area contributed by atoms with Crippen molar-refractivity contribution in [1.82, 2.24) is 15.3 Å². The van der Waals surface area contributed by atoms with Gasteiger partial charge in [0.25, 0.3) is 0 Å². The van der Waals surface area contributed by atoms with Gasteiger partial charge in [0.05, 0.1) is 13.5 Å². The van der Waals surface area contributed by atoms with Crippen molar-refractivity contribution in [3.8, 4) is 5.88 Å². The van der Waals surface area contributed by atoms with E-state index in [-0.39, 0.29) is 5.91 Å². The fraction of sp³-hybridized carbons (Fsp3) is 0.308. The maximum Gasteiger partial charge on any atom is 0.225 e. The van der Waals surface area contributed by atoms with Crippen LogP contribution in [0.4, 0.5) is 0 Å². The number of methoxy groups -OCH3 is 1. The highest BCUT2D eigenvalue weighted by Gasteiger charge is 2.08. The number of nitrogens with one attached hydrogen (secondary N) is 2. The summed E-state index contributed by atoms with van der Waals surface area (Å²) in [7, 11) is 1.57. The van der Waals surface area contributed by atoms with E-state index >= 15 is 0 Å². The molecule has 2 aromatic heterocycles. The van der Waals surface area contributed by atoms with Crippen molar-refractivity contribution < 1.29 is 9.53 Å². The number of hydrogen-bond donors (Lipinski definition) is 2. The quantitative estimate of drug-likeness (QED) is 0.832. The highest BCUT2D eigenvalue weighted by atomic mass is 32.1. The Bertz CT molecular complexity index is 646. The predicted molar refractivity (Wildman–Crippen MR) is 80.6 cm³/mol. The maximum atomic E-state index is 11.9. The Morgan fingerprint density at radius 1 is 1.55 bits per heavy atom. The SMILES string of the molecule is COc1ccc(CNC(=O)Cc2sc(=S)[nH]c2C)cn1. The molecule has 2 N–H and O–H groups in total. The molecule has 106 valence electrons. The molecule has 0 unspecified atom stereocenters. The van der Waals surface area contributed by atoms with Gasteiger partial charge in [-0.1, -0.05) is 6.07 Å². The van der Waals surface area contributed by atoms with E-state index in [4.69, 9.17) is 17.0 Å². The van der Waals surface area contributed by atoms with Gasteiger partial charge < -0.3 is 15.0 Å². The molecule has 1 amide bonds. The Morgan fingerprint density at radius 2 is 2.35 bits per heavy atom. The number of aromatic nitrogens is 2. The lowest BCUT2D eigenvalue weighted by Crippen LogP contribution is -2.24. The van der Waals surface area contributed by atoms with Crippen LogP contribution in [0.5, 0.6) is 5.88 Å². The summed E-state index contributed by atoms with van der Waals surface area (Å²) in [6, 6.07) is 3.64. The smallest absolute Gasteiger partial charge is 0.225 e. The molecule has 5 nitrogen and oxygen atoms in total. The summed E-state index contributed by atoms with van der Waals surface area (Å²) in [5.74, 6) is 0.525. The molecule has 2 heterocycles. The normalized spacial score (nSPS) is 10.3. The summed E-state index contributed by atoms with van der Waals surface area (Å²) < 4.78 is 5.68. The highest BCUT2D eigenvalue weighted by molar-refractivity contribution is 7.73. The first-order valence-corrected chi connectivity index (χ1v) is 7.25. The van der Waals surface area contributed by atoms with Crippen molar-refractivity contribution in [2.75, 3.05) is 7.11 Å². The molecule has 0 aliphatic carbocycles. The number of carbonyl (C=O) groups is 1. The van der Waals surface area contributed by atoms with Crippen LogP contribution in [0, 0.1) is 10.9 Å². The van der Waals surface area contributed by atoms with Gasteiger partial charge in [-0.15, -0.1) is 11.3 Å². The lowest BCUT2D eigenvalue weighted by atomic mass is 10.2. The maximum absolute atomic E-state index is 11.9. The molecule has 20 heavy (non-hydrogen) atoms. The molecule has 0 bridgehead atoms. The molecule has 0 aliphatic rings. The standard InChI is InChI=1S/C13H15N3O2S2/c1-8-10(20-13(19)16-8)5-11(17)14-6-9-3-4-12(18-2)15-7-9/h3-4,7H,5-6H2,1-2H3,(H,14,17)(H,16,19).